The average molecular weight is 385 g/mol. The second-order valence-electron chi connectivity index (χ2n) is 7.29. The van der Waals surface area contributed by atoms with Gasteiger partial charge < -0.3 is 5.32 Å². The number of hydrogen-bond acceptors (Lipinski definition) is 3. The van der Waals surface area contributed by atoms with Crippen LogP contribution in [0.1, 0.15) is 48.0 Å². The van der Waals surface area contributed by atoms with Crippen molar-refractivity contribution in [1.29, 1.82) is 0 Å². The van der Waals surface area contributed by atoms with Crippen molar-refractivity contribution in [3.63, 3.8) is 0 Å². The van der Waals surface area contributed by atoms with Gasteiger partial charge in [-0.3, -0.25) is 9.10 Å². The summed E-state index contributed by atoms with van der Waals surface area (Å²) in [7, 11) is -3.59. The topological polar surface area (TPSA) is 66.5 Å². The number of nitrogens with zero attached hydrogens (tertiary/aromatic N) is 1. The van der Waals surface area contributed by atoms with Crippen LogP contribution in [0.15, 0.2) is 53.4 Å². The van der Waals surface area contributed by atoms with Crippen LogP contribution in [0, 0.1) is 0 Å². The van der Waals surface area contributed by atoms with Crippen LogP contribution < -0.4 is 9.62 Å². The Labute approximate surface area is 160 Å². The number of aryl methyl sites for hydroxylation is 1. The van der Waals surface area contributed by atoms with Gasteiger partial charge in [-0.1, -0.05) is 31.0 Å². The lowest BCUT2D eigenvalue weighted by atomic mass is 10.0. The molecule has 4 rings (SSSR count). The van der Waals surface area contributed by atoms with Crippen LogP contribution >= 0.6 is 0 Å². The number of nitrogens with one attached hydrogen (secondary N) is 1. The van der Waals surface area contributed by atoms with E-state index in [1.54, 1.807) is 42.5 Å². The fourth-order valence-electron chi connectivity index (χ4n) is 4.01. The van der Waals surface area contributed by atoms with Crippen molar-refractivity contribution >= 4 is 21.6 Å². The number of benzene rings is 2. The van der Waals surface area contributed by atoms with Gasteiger partial charge in [-0.15, -0.1) is 0 Å². The minimum Gasteiger partial charge on any atom is -0.349 e. The maximum atomic E-state index is 13.0. The van der Waals surface area contributed by atoms with Crippen LogP contribution in [-0.2, 0) is 16.4 Å². The Balaban J connectivity index is 1.61. The maximum Gasteiger partial charge on any atom is 0.264 e. The molecule has 1 N–H and O–H groups in total. The Morgan fingerprint density at radius 2 is 1.74 bits per heavy atom. The van der Waals surface area contributed by atoms with Crippen LogP contribution in [0.4, 0.5) is 5.69 Å². The van der Waals surface area contributed by atoms with Crippen LogP contribution in [0.5, 0.6) is 0 Å². The Kier molecular flexibility index (Phi) is 4.91. The monoisotopic (exact) mass is 384 g/mol. The summed E-state index contributed by atoms with van der Waals surface area (Å²) < 4.78 is 27.6. The van der Waals surface area contributed by atoms with Gasteiger partial charge in [0, 0.05) is 18.2 Å². The van der Waals surface area contributed by atoms with Crippen molar-refractivity contribution in [1.82, 2.24) is 5.32 Å². The molecule has 1 fully saturated rings. The molecular weight excluding hydrogens is 360 g/mol. The first kappa shape index (κ1) is 18.0. The molecule has 1 heterocycles. The van der Waals surface area contributed by atoms with E-state index in [0.717, 1.165) is 31.2 Å². The fourth-order valence-corrected chi connectivity index (χ4v) is 5.57. The van der Waals surface area contributed by atoms with E-state index in [1.165, 1.54) is 17.1 Å². The Morgan fingerprint density at radius 1 is 1.00 bits per heavy atom. The normalized spacial score (nSPS) is 17.6. The standard InChI is InChI=1S/C21H24N2O3S/c24-21(22-18-8-4-5-9-18)17-12-13-20-16(15-17)7-6-14-23(20)27(25,26)19-10-2-1-3-11-19/h1-3,10-13,15,18H,4-9,14H2,(H,22,24). The van der Waals surface area contributed by atoms with Gasteiger partial charge in [0.15, 0.2) is 0 Å². The van der Waals surface area contributed by atoms with Crippen molar-refractivity contribution in [2.45, 2.75) is 49.5 Å². The smallest absolute Gasteiger partial charge is 0.264 e. The molecule has 2 aromatic rings. The molecule has 0 radical (unpaired) electrons. The van der Waals surface area contributed by atoms with Gasteiger partial charge in [0.25, 0.3) is 15.9 Å². The third kappa shape index (κ3) is 3.58. The van der Waals surface area contributed by atoms with Gasteiger partial charge in [0.1, 0.15) is 0 Å². The molecule has 0 aromatic heterocycles. The van der Waals surface area contributed by atoms with Gasteiger partial charge in [-0.25, -0.2) is 8.42 Å². The van der Waals surface area contributed by atoms with Crippen molar-refractivity contribution in [3.05, 3.63) is 59.7 Å². The zero-order valence-corrected chi connectivity index (χ0v) is 16.0. The average Bonchev–Trinajstić information content (AvgIpc) is 3.20. The number of fused-ring (bicyclic) bond motifs is 1. The predicted octanol–water partition coefficient (Wildman–Crippen LogP) is 3.50. The maximum absolute atomic E-state index is 13.0. The molecule has 5 nitrogen and oxygen atoms in total. The molecule has 142 valence electrons. The number of rotatable bonds is 4. The summed E-state index contributed by atoms with van der Waals surface area (Å²) in [6.45, 7) is 0.456. The molecule has 27 heavy (non-hydrogen) atoms. The summed E-state index contributed by atoms with van der Waals surface area (Å²) in [5, 5.41) is 3.10. The molecule has 2 aliphatic rings. The van der Waals surface area contributed by atoms with Crippen LogP contribution in [0.2, 0.25) is 0 Å². The quantitative estimate of drug-likeness (QED) is 0.877. The third-order valence-electron chi connectivity index (χ3n) is 5.44. The number of anilines is 1. The molecule has 6 heteroatoms. The van der Waals surface area contributed by atoms with Crippen LogP contribution in [0.25, 0.3) is 0 Å². The molecule has 1 aliphatic heterocycles. The van der Waals surface area contributed by atoms with Crippen LogP contribution in [0.3, 0.4) is 0 Å². The largest absolute Gasteiger partial charge is 0.349 e. The van der Waals surface area contributed by atoms with Crippen LogP contribution in [-0.4, -0.2) is 26.9 Å². The van der Waals surface area contributed by atoms with E-state index >= 15 is 0 Å². The summed E-state index contributed by atoms with van der Waals surface area (Å²) in [4.78, 5) is 12.8. The number of hydrogen-bond donors (Lipinski definition) is 1. The fraction of sp³-hybridized carbons (Fsp3) is 0.381. The molecule has 0 bridgehead atoms. The zero-order chi connectivity index (χ0) is 18.9. The molecular formula is C21H24N2O3S. The van der Waals surface area contributed by atoms with Crippen molar-refractivity contribution in [2.75, 3.05) is 10.8 Å². The Morgan fingerprint density at radius 3 is 2.48 bits per heavy atom. The van der Waals surface area contributed by atoms with Crippen molar-refractivity contribution in [2.24, 2.45) is 0 Å². The van der Waals surface area contributed by atoms with Gasteiger partial charge in [0.05, 0.1) is 10.6 Å². The molecule has 1 amide bonds. The van der Waals surface area contributed by atoms with E-state index in [9.17, 15) is 13.2 Å². The lowest BCUT2D eigenvalue weighted by molar-refractivity contribution is 0.0938. The summed E-state index contributed by atoms with van der Waals surface area (Å²) in [6, 6.07) is 14.1. The number of carbonyl (C=O) groups is 1. The number of amides is 1. The highest BCUT2D eigenvalue weighted by atomic mass is 32.2. The molecule has 0 atom stereocenters. The van der Waals surface area contributed by atoms with Gasteiger partial charge in [-0.05, 0) is 61.6 Å². The molecule has 0 spiro atoms. The Bertz CT molecular complexity index is 935. The zero-order valence-electron chi connectivity index (χ0n) is 15.2. The molecule has 1 aliphatic carbocycles. The highest BCUT2D eigenvalue weighted by Gasteiger charge is 2.29. The van der Waals surface area contributed by atoms with E-state index in [-0.39, 0.29) is 11.9 Å². The first-order valence-electron chi connectivity index (χ1n) is 9.57. The second kappa shape index (κ2) is 7.35. The molecule has 2 aromatic carbocycles. The van der Waals surface area contributed by atoms with Crippen molar-refractivity contribution < 1.29 is 13.2 Å². The minimum absolute atomic E-state index is 0.0623. The van der Waals surface area contributed by atoms with E-state index in [0.29, 0.717) is 22.7 Å². The third-order valence-corrected chi connectivity index (χ3v) is 7.27. The summed E-state index contributed by atoms with van der Waals surface area (Å²) in [6.07, 6.45) is 5.94. The van der Waals surface area contributed by atoms with E-state index in [4.69, 9.17) is 0 Å². The highest BCUT2D eigenvalue weighted by molar-refractivity contribution is 7.92. The molecule has 0 saturated heterocycles. The van der Waals surface area contributed by atoms with E-state index in [1.807, 2.05) is 6.07 Å². The molecule has 0 unspecified atom stereocenters. The van der Waals surface area contributed by atoms with E-state index in [2.05, 4.69) is 5.32 Å². The number of sulfonamides is 1. The first-order valence-corrected chi connectivity index (χ1v) is 11.0. The first-order chi connectivity index (χ1) is 13.1. The second-order valence-corrected chi connectivity index (χ2v) is 9.15. The van der Waals surface area contributed by atoms with Gasteiger partial charge in [0.2, 0.25) is 0 Å². The van der Waals surface area contributed by atoms with E-state index < -0.39 is 10.0 Å². The highest BCUT2D eigenvalue weighted by Crippen LogP contribution is 2.32. The SMILES string of the molecule is O=C(NC1CCCC1)c1ccc2c(c1)CCCN2S(=O)(=O)c1ccccc1. The van der Waals surface area contributed by atoms with Crippen molar-refractivity contribution in [3.8, 4) is 0 Å². The number of carbonyl (C=O) groups excluding carboxylic acids is 1. The van der Waals surface area contributed by atoms with Gasteiger partial charge >= 0.3 is 0 Å². The summed E-state index contributed by atoms with van der Waals surface area (Å²) in [5.74, 6) is -0.0623. The lowest BCUT2D eigenvalue weighted by Crippen LogP contribution is -2.36. The minimum atomic E-state index is -3.59. The lowest BCUT2D eigenvalue weighted by Gasteiger charge is -2.30. The predicted molar refractivity (Wildman–Crippen MR) is 105 cm³/mol. The van der Waals surface area contributed by atoms with Gasteiger partial charge in [-0.2, -0.15) is 0 Å². The summed E-state index contributed by atoms with van der Waals surface area (Å²) in [5.41, 5.74) is 2.21. The summed E-state index contributed by atoms with van der Waals surface area (Å²) >= 11 is 0. The Hall–Kier alpha value is -2.34. The molecule has 1 saturated carbocycles.